The third kappa shape index (κ3) is 3.79. The van der Waals surface area contributed by atoms with E-state index in [9.17, 15) is 41.7 Å². The van der Waals surface area contributed by atoms with E-state index in [1.807, 2.05) is 0 Å². The summed E-state index contributed by atoms with van der Waals surface area (Å²) in [6.07, 6.45) is -4.64. The Morgan fingerprint density at radius 1 is 0.941 bits per heavy atom. The molecule has 7 nitrogen and oxygen atoms in total. The number of aromatic hydroxyl groups is 2. The molecular formula is C21H18F6N4O3. The molecule has 2 aromatic heterocycles. The Labute approximate surface area is 188 Å². The molecule has 13 heteroatoms. The number of nitrogens with zero attached hydrogens (tertiary/aromatic N) is 4. The molecule has 0 radical (unpaired) electrons. The van der Waals surface area contributed by atoms with Crippen molar-refractivity contribution in [1.82, 2.24) is 14.3 Å². The second kappa shape index (κ2) is 8.08. The van der Waals surface area contributed by atoms with Crippen LogP contribution in [0.3, 0.4) is 0 Å². The smallest absolute Gasteiger partial charge is 0.430 e. The molecule has 2 unspecified atom stereocenters. The lowest BCUT2D eigenvalue weighted by Gasteiger charge is -2.34. The van der Waals surface area contributed by atoms with Gasteiger partial charge in [0.15, 0.2) is 11.8 Å². The summed E-state index contributed by atoms with van der Waals surface area (Å²) >= 11 is 0. The van der Waals surface area contributed by atoms with Crippen LogP contribution in [0.1, 0.15) is 30.5 Å². The van der Waals surface area contributed by atoms with Gasteiger partial charge in [-0.25, -0.2) is 9.25 Å². The standard InChI is InChI=1S/C21H18F6N4O3/c22-20(23,24)19(34,21(25,26)27)13-1-3-14(4-2-13)31-16(30-17(32)5-6-18(30)33)11-15(29-31)12-7-9-28-10-8-12/h1-3,5-7,9-12,14,32-34H,4,8H2. The third-order valence-corrected chi connectivity index (χ3v) is 5.68. The van der Waals surface area contributed by atoms with Gasteiger partial charge in [-0.05, 0) is 18.4 Å². The van der Waals surface area contributed by atoms with Gasteiger partial charge in [-0.2, -0.15) is 31.4 Å². The van der Waals surface area contributed by atoms with Gasteiger partial charge in [-0.3, -0.25) is 4.99 Å². The Hall–Kier alpha value is -3.48. The van der Waals surface area contributed by atoms with Crippen molar-refractivity contribution in [1.29, 1.82) is 0 Å². The van der Waals surface area contributed by atoms with Gasteiger partial charge in [0.25, 0.3) is 5.60 Å². The minimum atomic E-state index is -5.99. The van der Waals surface area contributed by atoms with Crippen LogP contribution >= 0.6 is 0 Å². The SMILES string of the molecule is Oc1ccc(O)n1-c1cc(C2C=CN=CC2)nn1C1C=CC(C(O)(C(F)(F)F)C(F)(F)F)=CC1. The van der Waals surface area contributed by atoms with E-state index in [2.05, 4.69) is 10.1 Å². The van der Waals surface area contributed by atoms with E-state index in [0.717, 1.165) is 10.6 Å². The lowest BCUT2D eigenvalue weighted by Crippen LogP contribution is -2.58. The van der Waals surface area contributed by atoms with Crippen molar-refractivity contribution in [3.05, 3.63) is 60.0 Å². The number of allylic oxidation sites excluding steroid dienone is 3. The fourth-order valence-electron chi connectivity index (χ4n) is 3.88. The molecule has 0 fully saturated rings. The van der Waals surface area contributed by atoms with E-state index in [1.54, 1.807) is 24.6 Å². The summed E-state index contributed by atoms with van der Waals surface area (Å²) < 4.78 is 81.6. The summed E-state index contributed by atoms with van der Waals surface area (Å²) in [6.45, 7) is 0. The first-order chi connectivity index (χ1) is 15.8. The van der Waals surface area contributed by atoms with Crippen molar-refractivity contribution in [2.45, 2.75) is 42.8 Å². The predicted octanol–water partition coefficient (Wildman–Crippen LogP) is 4.44. The quantitative estimate of drug-likeness (QED) is 0.555. The van der Waals surface area contributed by atoms with Crippen LogP contribution in [-0.2, 0) is 0 Å². The van der Waals surface area contributed by atoms with Gasteiger partial charge < -0.3 is 15.3 Å². The first-order valence-corrected chi connectivity index (χ1v) is 9.97. The van der Waals surface area contributed by atoms with E-state index in [-0.39, 0.29) is 29.9 Å². The Morgan fingerprint density at radius 3 is 2.09 bits per heavy atom. The second-order valence-corrected chi connectivity index (χ2v) is 7.80. The highest BCUT2D eigenvalue weighted by Gasteiger charge is 2.71. The highest BCUT2D eigenvalue weighted by atomic mass is 19.4. The molecule has 0 bridgehead atoms. The molecule has 4 rings (SSSR count). The summed E-state index contributed by atoms with van der Waals surface area (Å²) in [5.41, 5.74) is -5.89. The van der Waals surface area contributed by atoms with E-state index in [1.165, 1.54) is 16.8 Å². The van der Waals surface area contributed by atoms with E-state index >= 15 is 0 Å². The Balaban J connectivity index is 1.74. The van der Waals surface area contributed by atoms with Gasteiger partial charge in [0.1, 0.15) is 5.82 Å². The van der Waals surface area contributed by atoms with Crippen molar-refractivity contribution in [2.75, 3.05) is 0 Å². The van der Waals surface area contributed by atoms with Gasteiger partial charge >= 0.3 is 12.4 Å². The lowest BCUT2D eigenvalue weighted by molar-refractivity contribution is -0.351. The molecule has 1 aliphatic heterocycles. The van der Waals surface area contributed by atoms with E-state index in [4.69, 9.17) is 0 Å². The molecular weight excluding hydrogens is 470 g/mol. The van der Waals surface area contributed by atoms with Crippen LogP contribution in [-0.4, -0.2) is 53.8 Å². The Kier molecular flexibility index (Phi) is 5.62. The highest BCUT2D eigenvalue weighted by Crippen LogP contribution is 2.49. The van der Waals surface area contributed by atoms with E-state index in [0.29, 0.717) is 24.3 Å². The molecule has 0 saturated carbocycles. The summed E-state index contributed by atoms with van der Waals surface area (Å²) in [5, 5.41) is 34.4. The Morgan fingerprint density at radius 2 is 1.59 bits per heavy atom. The number of hydrogen-bond acceptors (Lipinski definition) is 5. The largest absolute Gasteiger partial charge is 0.494 e. The molecule has 3 N–H and O–H groups in total. The fourth-order valence-corrected chi connectivity index (χ4v) is 3.88. The van der Waals surface area contributed by atoms with Crippen LogP contribution in [0.25, 0.3) is 5.82 Å². The molecule has 3 heterocycles. The van der Waals surface area contributed by atoms with Crippen molar-refractivity contribution in [3.8, 4) is 17.6 Å². The molecule has 0 saturated heterocycles. The van der Waals surface area contributed by atoms with Crippen molar-refractivity contribution >= 4 is 6.21 Å². The van der Waals surface area contributed by atoms with Gasteiger partial charge in [-0.1, -0.05) is 24.3 Å². The monoisotopic (exact) mass is 488 g/mol. The minimum absolute atomic E-state index is 0.138. The molecule has 0 amide bonds. The average molecular weight is 488 g/mol. The zero-order valence-electron chi connectivity index (χ0n) is 17.2. The maximum atomic E-state index is 13.2. The Bertz CT molecular complexity index is 1170. The molecule has 0 aromatic carbocycles. The fraction of sp³-hybridized carbons (Fsp3) is 0.333. The molecule has 2 aromatic rings. The zero-order chi connectivity index (χ0) is 24.9. The zero-order valence-corrected chi connectivity index (χ0v) is 17.2. The third-order valence-electron chi connectivity index (χ3n) is 5.68. The van der Waals surface area contributed by atoms with Crippen molar-refractivity contribution in [2.24, 2.45) is 4.99 Å². The first-order valence-electron chi connectivity index (χ1n) is 9.97. The van der Waals surface area contributed by atoms with Crippen LogP contribution in [0.4, 0.5) is 26.3 Å². The number of hydrogen-bond donors (Lipinski definition) is 3. The second-order valence-electron chi connectivity index (χ2n) is 7.80. The van der Waals surface area contributed by atoms with Crippen LogP contribution in [0.15, 0.2) is 59.3 Å². The molecule has 2 atom stereocenters. The maximum Gasteiger partial charge on any atom is 0.430 e. The molecule has 1 aliphatic carbocycles. The number of halogens is 6. The highest BCUT2D eigenvalue weighted by molar-refractivity contribution is 5.62. The van der Waals surface area contributed by atoms with Gasteiger partial charge in [0.05, 0.1) is 11.7 Å². The number of aliphatic imine (C=N–C) groups is 1. The average Bonchev–Trinajstić information content (AvgIpc) is 3.35. The number of alkyl halides is 6. The summed E-state index contributed by atoms with van der Waals surface area (Å²) in [5.74, 6) is -0.799. The lowest BCUT2D eigenvalue weighted by atomic mass is 9.87. The minimum Gasteiger partial charge on any atom is -0.494 e. The van der Waals surface area contributed by atoms with Crippen molar-refractivity contribution < 1.29 is 41.7 Å². The first kappa shape index (κ1) is 23.7. The van der Waals surface area contributed by atoms with Crippen LogP contribution in [0.2, 0.25) is 0 Å². The number of rotatable bonds is 4. The van der Waals surface area contributed by atoms with E-state index < -0.39 is 29.6 Å². The summed E-state index contributed by atoms with van der Waals surface area (Å²) in [4.78, 5) is 3.97. The normalized spacial score (nSPS) is 21.2. The van der Waals surface area contributed by atoms with Crippen LogP contribution in [0, 0.1) is 0 Å². The number of aromatic nitrogens is 3. The van der Waals surface area contributed by atoms with Gasteiger partial charge in [0.2, 0.25) is 0 Å². The molecule has 2 aliphatic rings. The van der Waals surface area contributed by atoms with Gasteiger partial charge in [-0.15, -0.1) is 0 Å². The summed E-state index contributed by atoms with van der Waals surface area (Å²) in [6, 6.07) is 3.09. The topological polar surface area (TPSA) is 95.8 Å². The molecule has 0 spiro atoms. The summed E-state index contributed by atoms with van der Waals surface area (Å²) in [7, 11) is 0. The maximum absolute atomic E-state index is 13.2. The molecule has 182 valence electrons. The van der Waals surface area contributed by atoms with Gasteiger partial charge in [0, 0.05) is 36.5 Å². The molecule has 34 heavy (non-hydrogen) atoms. The predicted molar refractivity (Wildman–Crippen MR) is 108 cm³/mol. The van der Waals surface area contributed by atoms with Crippen LogP contribution < -0.4 is 0 Å². The number of aliphatic hydroxyl groups is 1. The van der Waals surface area contributed by atoms with Crippen molar-refractivity contribution in [3.63, 3.8) is 0 Å². The van der Waals surface area contributed by atoms with Crippen LogP contribution in [0.5, 0.6) is 11.8 Å².